The van der Waals surface area contributed by atoms with Crippen LogP contribution in [0.25, 0.3) is 0 Å². The van der Waals surface area contributed by atoms with Crippen molar-refractivity contribution in [2.24, 2.45) is 0 Å². The molecule has 4 heteroatoms. The summed E-state index contributed by atoms with van der Waals surface area (Å²) < 4.78 is 5.52. The molecule has 2 rings (SSSR count). The van der Waals surface area contributed by atoms with Gasteiger partial charge in [-0.15, -0.1) is 0 Å². The lowest BCUT2D eigenvalue weighted by Gasteiger charge is -2.21. The Hall–Kier alpha value is -1.88. The van der Waals surface area contributed by atoms with Gasteiger partial charge in [-0.1, -0.05) is 42.5 Å². The molecule has 124 valence electrons. The van der Waals surface area contributed by atoms with Gasteiger partial charge in [0.15, 0.2) is 0 Å². The number of hydrogen-bond donors (Lipinski definition) is 2. The Morgan fingerprint density at radius 3 is 2.39 bits per heavy atom. The first kappa shape index (κ1) is 17.5. The lowest BCUT2D eigenvalue weighted by molar-refractivity contribution is 0.124. The first-order valence-electron chi connectivity index (χ1n) is 7.93. The minimum Gasteiger partial charge on any atom is -0.494 e. The van der Waals surface area contributed by atoms with Crippen LogP contribution in [0.4, 0.5) is 0 Å². The minimum atomic E-state index is -0.484. The molecule has 0 saturated carbocycles. The van der Waals surface area contributed by atoms with Gasteiger partial charge in [-0.2, -0.15) is 0 Å². The quantitative estimate of drug-likeness (QED) is 0.699. The zero-order valence-corrected chi connectivity index (χ0v) is 13.6. The topological polar surface area (TPSA) is 52.9 Å². The third kappa shape index (κ3) is 6.02. The fraction of sp³-hybridized carbons (Fsp3) is 0.368. The Bertz CT molecular complexity index is 557. The number of ether oxygens (including phenoxy) is 1. The third-order valence-corrected chi connectivity index (χ3v) is 3.62. The lowest BCUT2D eigenvalue weighted by atomic mass is 10.1. The van der Waals surface area contributed by atoms with E-state index < -0.39 is 6.10 Å². The number of nitrogens with zero attached hydrogens (tertiary/aromatic N) is 1. The van der Waals surface area contributed by atoms with Crippen LogP contribution in [0.2, 0.25) is 0 Å². The van der Waals surface area contributed by atoms with Crippen molar-refractivity contribution < 1.29 is 14.9 Å². The van der Waals surface area contributed by atoms with Crippen molar-refractivity contribution in [3.05, 3.63) is 65.7 Å². The molecule has 0 aliphatic heterocycles. The Kier molecular flexibility index (Phi) is 7.07. The van der Waals surface area contributed by atoms with Gasteiger partial charge in [-0.25, -0.2) is 0 Å². The molecule has 0 aliphatic rings. The van der Waals surface area contributed by atoms with E-state index in [4.69, 9.17) is 9.84 Å². The number of benzene rings is 2. The van der Waals surface area contributed by atoms with Crippen LogP contribution in [-0.2, 0) is 6.54 Å². The fourth-order valence-electron chi connectivity index (χ4n) is 2.40. The summed E-state index contributed by atoms with van der Waals surface area (Å²) in [6.45, 7) is 2.02. The summed E-state index contributed by atoms with van der Waals surface area (Å²) in [5, 5.41) is 19.0. The maximum absolute atomic E-state index is 10.3. The number of rotatable bonds is 9. The van der Waals surface area contributed by atoms with E-state index in [-0.39, 0.29) is 6.61 Å². The van der Waals surface area contributed by atoms with Crippen LogP contribution >= 0.6 is 0 Å². The van der Waals surface area contributed by atoms with Gasteiger partial charge in [-0.05, 0) is 30.3 Å². The van der Waals surface area contributed by atoms with E-state index in [1.54, 1.807) is 0 Å². The normalized spacial score (nSPS) is 12.3. The molecule has 4 nitrogen and oxygen atoms in total. The van der Waals surface area contributed by atoms with Gasteiger partial charge in [-0.3, -0.25) is 4.90 Å². The van der Waals surface area contributed by atoms with Crippen LogP contribution in [0, 0.1) is 0 Å². The smallest absolute Gasteiger partial charge is 0.119 e. The summed E-state index contributed by atoms with van der Waals surface area (Å²) in [5.74, 6) is 0.814. The molecule has 0 amide bonds. The van der Waals surface area contributed by atoms with Gasteiger partial charge in [0.05, 0.1) is 12.7 Å². The van der Waals surface area contributed by atoms with Crippen LogP contribution < -0.4 is 4.74 Å². The van der Waals surface area contributed by atoms with Crippen molar-refractivity contribution in [1.82, 2.24) is 4.90 Å². The number of aliphatic hydroxyl groups is 2. The second-order valence-electron chi connectivity index (χ2n) is 5.69. The minimum absolute atomic E-state index is 0.145. The van der Waals surface area contributed by atoms with Crippen molar-refractivity contribution in [3.8, 4) is 5.75 Å². The predicted octanol–water partition coefficient (Wildman–Crippen LogP) is 2.61. The number of aliphatic hydroxyl groups excluding tert-OH is 2. The standard InChI is InChI=1S/C19H25NO3/c1-20(15-19(22)17-6-3-2-4-7-17)14-16-8-10-18(11-9-16)23-13-5-12-21/h2-4,6-11,19,21-22H,5,12-15H2,1H3/t19-/m1/s1. The van der Waals surface area contributed by atoms with E-state index >= 15 is 0 Å². The van der Waals surface area contributed by atoms with Crippen LogP contribution in [0.15, 0.2) is 54.6 Å². The van der Waals surface area contributed by atoms with Crippen molar-refractivity contribution in [1.29, 1.82) is 0 Å². The molecule has 0 unspecified atom stereocenters. The molecule has 0 spiro atoms. The zero-order chi connectivity index (χ0) is 16.5. The van der Waals surface area contributed by atoms with Crippen LogP contribution in [-0.4, -0.2) is 41.9 Å². The summed E-state index contributed by atoms with van der Waals surface area (Å²) in [5.41, 5.74) is 2.11. The Labute approximate surface area is 138 Å². The Balaban J connectivity index is 1.81. The monoisotopic (exact) mass is 315 g/mol. The Morgan fingerprint density at radius 1 is 1.04 bits per heavy atom. The van der Waals surface area contributed by atoms with Gasteiger partial charge in [0.1, 0.15) is 5.75 Å². The number of hydrogen-bond acceptors (Lipinski definition) is 4. The highest BCUT2D eigenvalue weighted by molar-refractivity contribution is 5.27. The van der Waals surface area contributed by atoms with E-state index in [0.29, 0.717) is 19.6 Å². The summed E-state index contributed by atoms with van der Waals surface area (Å²) in [6.07, 6.45) is 0.157. The summed E-state index contributed by atoms with van der Waals surface area (Å²) in [7, 11) is 2.00. The largest absolute Gasteiger partial charge is 0.494 e. The summed E-state index contributed by atoms with van der Waals surface area (Å²) in [6, 6.07) is 17.6. The third-order valence-electron chi connectivity index (χ3n) is 3.62. The van der Waals surface area contributed by atoms with Crippen molar-refractivity contribution in [2.45, 2.75) is 19.1 Å². The average Bonchev–Trinajstić information content (AvgIpc) is 2.57. The SMILES string of the molecule is CN(Cc1ccc(OCCCO)cc1)C[C@@H](O)c1ccccc1. The van der Waals surface area contributed by atoms with Crippen LogP contribution in [0.1, 0.15) is 23.7 Å². The maximum Gasteiger partial charge on any atom is 0.119 e. The van der Waals surface area contributed by atoms with Gasteiger partial charge in [0.25, 0.3) is 0 Å². The van der Waals surface area contributed by atoms with Crippen LogP contribution in [0.3, 0.4) is 0 Å². The first-order valence-corrected chi connectivity index (χ1v) is 7.93. The average molecular weight is 315 g/mol. The molecule has 0 heterocycles. The molecule has 0 aromatic heterocycles. The number of likely N-dealkylation sites (N-methyl/N-ethyl adjacent to an activating group) is 1. The molecular weight excluding hydrogens is 290 g/mol. The second kappa shape index (κ2) is 9.30. The highest BCUT2D eigenvalue weighted by atomic mass is 16.5. The molecule has 0 aliphatic carbocycles. The molecule has 0 radical (unpaired) electrons. The highest BCUT2D eigenvalue weighted by Crippen LogP contribution is 2.16. The van der Waals surface area contributed by atoms with Crippen LogP contribution in [0.5, 0.6) is 5.75 Å². The van der Waals surface area contributed by atoms with Crippen molar-refractivity contribution in [3.63, 3.8) is 0 Å². The molecule has 1 atom stereocenters. The Morgan fingerprint density at radius 2 is 1.74 bits per heavy atom. The van der Waals surface area contributed by atoms with E-state index in [9.17, 15) is 5.11 Å². The molecule has 2 N–H and O–H groups in total. The highest BCUT2D eigenvalue weighted by Gasteiger charge is 2.10. The fourth-order valence-corrected chi connectivity index (χ4v) is 2.40. The molecule has 0 bridgehead atoms. The van der Waals surface area contributed by atoms with E-state index in [2.05, 4.69) is 4.90 Å². The summed E-state index contributed by atoms with van der Waals surface area (Å²) in [4.78, 5) is 2.10. The molecule has 2 aromatic rings. The van der Waals surface area contributed by atoms with Crippen molar-refractivity contribution >= 4 is 0 Å². The summed E-state index contributed by atoms with van der Waals surface area (Å²) >= 11 is 0. The van der Waals surface area contributed by atoms with Gasteiger partial charge < -0.3 is 14.9 Å². The molecular formula is C19H25NO3. The van der Waals surface area contributed by atoms with Crippen molar-refractivity contribution in [2.75, 3.05) is 26.8 Å². The maximum atomic E-state index is 10.3. The van der Waals surface area contributed by atoms with Gasteiger partial charge in [0, 0.05) is 26.1 Å². The zero-order valence-electron chi connectivity index (χ0n) is 13.6. The van der Waals surface area contributed by atoms with E-state index in [1.165, 1.54) is 5.56 Å². The van der Waals surface area contributed by atoms with E-state index in [1.807, 2.05) is 61.6 Å². The first-order chi connectivity index (χ1) is 11.2. The molecule has 0 saturated heterocycles. The molecule has 23 heavy (non-hydrogen) atoms. The van der Waals surface area contributed by atoms with Gasteiger partial charge in [0.2, 0.25) is 0 Å². The lowest BCUT2D eigenvalue weighted by Crippen LogP contribution is -2.24. The van der Waals surface area contributed by atoms with E-state index in [0.717, 1.165) is 17.9 Å². The molecule has 2 aromatic carbocycles. The predicted molar refractivity (Wildman–Crippen MR) is 91.4 cm³/mol. The molecule has 0 fully saturated rings. The van der Waals surface area contributed by atoms with Gasteiger partial charge >= 0.3 is 0 Å². The second-order valence-corrected chi connectivity index (χ2v) is 5.69.